The van der Waals surface area contributed by atoms with Gasteiger partial charge in [-0.15, -0.1) is 0 Å². The van der Waals surface area contributed by atoms with E-state index < -0.39 is 6.43 Å². The molecule has 2 heteroatoms. The number of halogens is 2. The Morgan fingerprint density at radius 2 is 1.29 bits per heavy atom. The third-order valence-electron chi connectivity index (χ3n) is 3.04. The van der Waals surface area contributed by atoms with Gasteiger partial charge in [0.15, 0.2) is 0 Å². The second kappa shape index (κ2) is 3.81. The van der Waals surface area contributed by atoms with Crippen molar-refractivity contribution in [2.24, 2.45) is 0 Å². The topological polar surface area (TPSA) is 0 Å². The molecule has 0 aromatic heterocycles. The van der Waals surface area contributed by atoms with Gasteiger partial charge in [0.25, 0.3) is 6.43 Å². The minimum Gasteiger partial charge on any atom is -0.205 e. The number of rotatable bonds is 1. The lowest BCUT2D eigenvalue weighted by atomic mass is 9.97. The number of hydrogen-bond acceptors (Lipinski definition) is 0. The zero-order valence-corrected chi connectivity index (χ0v) is 9.03. The van der Waals surface area contributed by atoms with Crippen molar-refractivity contribution in [2.45, 2.75) is 6.43 Å². The van der Waals surface area contributed by atoms with Crippen LogP contribution in [0.1, 0.15) is 12.0 Å². The Morgan fingerprint density at radius 1 is 0.706 bits per heavy atom. The van der Waals surface area contributed by atoms with Gasteiger partial charge in [-0.05, 0) is 27.6 Å². The van der Waals surface area contributed by atoms with E-state index in [2.05, 4.69) is 0 Å². The molecule has 0 saturated heterocycles. The SMILES string of the molecule is FC(F)c1cc2ccccc2c2ccccc12. The Labute approximate surface area is 97.5 Å². The van der Waals surface area contributed by atoms with Crippen molar-refractivity contribution in [3.05, 3.63) is 60.2 Å². The summed E-state index contributed by atoms with van der Waals surface area (Å²) in [4.78, 5) is 0. The van der Waals surface area contributed by atoms with Crippen LogP contribution < -0.4 is 0 Å². The number of alkyl halides is 2. The van der Waals surface area contributed by atoms with Gasteiger partial charge in [-0.3, -0.25) is 0 Å². The molecule has 0 heterocycles. The predicted octanol–water partition coefficient (Wildman–Crippen LogP) is 4.93. The van der Waals surface area contributed by atoms with Crippen LogP contribution >= 0.6 is 0 Å². The fraction of sp³-hybridized carbons (Fsp3) is 0.0667. The Kier molecular flexibility index (Phi) is 2.29. The highest BCUT2D eigenvalue weighted by Crippen LogP contribution is 2.33. The van der Waals surface area contributed by atoms with Crippen molar-refractivity contribution >= 4 is 21.5 Å². The molecule has 3 rings (SSSR count). The summed E-state index contributed by atoms with van der Waals surface area (Å²) in [5, 5.41) is 3.41. The van der Waals surface area contributed by atoms with Crippen molar-refractivity contribution < 1.29 is 8.78 Å². The molecule has 3 aromatic rings. The summed E-state index contributed by atoms with van der Waals surface area (Å²) >= 11 is 0. The third kappa shape index (κ3) is 1.57. The van der Waals surface area contributed by atoms with Crippen LogP contribution in [0.3, 0.4) is 0 Å². The van der Waals surface area contributed by atoms with E-state index in [1.54, 1.807) is 18.2 Å². The van der Waals surface area contributed by atoms with Crippen LogP contribution in [-0.2, 0) is 0 Å². The normalized spacial score (nSPS) is 11.5. The Hall–Kier alpha value is -1.96. The average Bonchev–Trinajstić information content (AvgIpc) is 2.37. The Balaban J connectivity index is 2.55. The molecule has 0 aliphatic heterocycles. The molecular formula is C15H10F2. The summed E-state index contributed by atoms with van der Waals surface area (Å²) in [6.07, 6.45) is -2.44. The van der Waals surface area contributed by atoms with Gasteiger partial charge in [0, 0.05) is 5.56 Å². The smallest absolute Gasteiger partial charge is 0.205 e. The average molecular weight is 228 g/mol. The molecule has 0 aliphatic rings. The van der Waals surface area contributed by atoms with Crippen LogP contribution in [0.2, 0.25) is 0 Å². The predicted molar refractivity (Wildman–Crippen MR) is 66.4 cm³/mol. The minimum absolute atomic E-state index is 0.110. The largest absolute Gasteiger partial charge is 0.264 e. The second-order valence-corrected chi connectivity index (χ2v) is 4.03. The molecule has 0 aliphatic carbocycles. The second-order valence-electron chi connectivity index (χ2n) is 4.03. The summed E-state index contributed by atoms with van der Waals surface area (Å²) in [5.41, 5.74) is 0.110. The standard InChI is InChI=1S/C15H10F2/c16-15(17)14-9-10-5-1-2-6-11(10)12-7-3-4-8-13(12)14/h1-9,15H. The van der Waals surface area contributed by atoms with Crippen LogP contribution in [-0.4, -0.2) is 0 Å². The van der Waals surface area contributed by atoms with Crippen molar-refractivity contribution in [3.63, 3.8) is 0 Å². The number of hydrogen-bond donors (Lipinski definition) is 0. The van der Waals surface area contributed by atoms with Crippen LogP contribution in [0.15, 0.2) is 54.6 Å². The summed E-state index contributed by atoms with van der Waals surface area (Å²) in [6, 6.07) is 16.5. The van der Waals surface area contributed by atoms with Gasteiger partial charge in [-0.2, -0.15) is 0 Å². The lowest BCUT2D eigenvalue weighted by Crippen LogP contribution is -1.88. The third-order valence-corrected chi connectivity index (χ3v) is 3.04. The van der Waals surface area contributed by atoms with Crippen LogP contribution in [0.25, 0.3) is 21.5 Å². The summed E-state index contributed by atoms with van der Waals surface area (Å²) in [5.74, 6) is 0. The summed E-state index contributed by atoms with van der Waals surface area (Å²) in [7, 11) is 0. The van der Waals surface area contributed by atoms with Crippen LogP contribution in [0.5, 0.6) is 0 Å². The Bertz CT molecular complexity index is 687. The maximum absolute atomic E-state index is 13.0. The number of benzene rings is 3. The van der Waals surface area contributed by atoms with E-state index in [0.29, 0.717) is 5.39 Å². The van der Waals surface area contributed by atoms with Gasteiger partial charge in [0.1, 0.15) is 0 Å². The molecule has 0 nitrogen and oxygen atoms in total. The van der Waals surface area contributed by atoms with E-state index in [4.69, 9.17) is 0 Å². The maximum atomic E-state index is 13.0. The molecule has 84 valence electrons. The number of fused-ring (bicyclic) bond motifs is 3. The molecule has 0 unspecified atom stereocenters. The first-order chi connectivity index (χ1) is 8.27. The highest BCUT2D eigenvalue weighted by atomic mass is 19.3. The fourth-order valence-electron chi connectivity index (χ4n) is 2.26. The van der Waals surface area contributed by atoms with Gasteiger partial charge in [0.2, 0.25) is 0 Å². The lowest BCUT2D eigenvalue weighted by molar-refractivity contribution is 0.153. The van der Waals surface area contributed by atoms with Gasteiger partial charge in [-0.1, -0.05) is 48.5 Å². The van der Waals surface area contributed by atoms with Crippen LogP contribution in [0, 0.1) is 0 Å². The highest BCUT2D eigenvalue weighted by Gasteiger charge is 2.13. The first-order valence-corrected chi connectivity index (χ1v) is 5.46. The molecular weight excluding hydrogens is 218 g/mol. The molecule has 0 atom stereocenters. The Morgan fingerprint density at radius 3 is 2.00 bits per heavy atom. The van der Waals surface area contributed by atoms with E-state index in [1.165, 1.54) is 0 Å². The van der Waals surface area contributed by atoms with E-state index in [0.717, 1.165) is 16.2 Å². The molecule has 0 fully saturated rings. The fourth-order valence-corrected chi connectivity index (χ4v) is 2.26. The molecule has 0 radical (unpaired) electrons. The van der Waals surface area contributed by atoms with Crippen molar-refractivity contribution in [1.29, 1.82) is 0 Å². The van der Waals surface area contributed by atoms with E-state index in [1.807, 2.05) is 36.4 Å². The zero-order chi connectivity index (χ0) is 11.8. The summed E-state index contributed by atoms with van der Waals surface area (Å²) < 4.78 is 26.0. The summed E-state index contributed by atoms with van der Waals surface area (Å²) in [6.45, 7) is 0. The monoisotopic (exact) mass is 228 g/mol. The zero-order valence-electron chi connectivity index (χ0n) is 9.03. The van der Waals surface area contributed by atoms with Crippen molar-refractivity contribution in [2.75, 3.05) is 0 Å². The van der Waals surface area contributed by atoms with E-state index in [-0.39, 0.29) is 5.56 Å². The van der Waals surface area contributed by atoms with Gasteiger partial charge < -0.3 is 0 Å². The molecule has 0 saturated carbocycles. The minimum atomic E-state index is -2.44. The molecule has 3 aromatic carbocycles. The van der Waals surface area contributed by atoms with E-state index in [9.17, 15) is 8.78 Å². The van der Waals surface area contributed by atoms with Crippen LogP contribution in [0.4, 0.5) is 8.78 Å². The van der Waals surface area contributed by atoms with Gasteiger partial charge >= 0.3 is 0 Å². The molecule has 0 N–H and O–H groups in total. The van der Waals surface area contributed by atoms with Crippen molar-refractivity contribution in [3.8, 4) is 0 Å². The lowest BCUT2D eigenvalue weighted by Gasteiger charge is -2.09. The quantitative estimate of drug-likeness (QED) is 0.518. The molecule has 17 heavy (non-hydrogen) atoms. The first kappa shape index (κ1) is 10.2. The molecule has 0 amide bonds. The molecule has 0 spiro atoms. The van der Waals surface area contributed by atoms with Gasteiger partial charge in [0.05, 0.1) is 0 Å². The molecule has 0 bridgehead atoms. The van der Waals surface area contributed by atoms with E-state index >= 15 is 0 Å². The van der Waals surface area contributed by atoms with Crippen molar-refractivity contribution in [1.82, 2.24) is 0 Å². The van der Waals surface area contributed by atoms with Gasteiger partial charge in [-0.25, -0.2) is 8.78 Å². The maximum Gasteiger partial charge on any atom is 0.264 e. The highest BCUT2D eigenvalue weighted by molar-refractivity contribution is 6.08. The first-order valence-electron chi connectivity index (χ1n) is 5.46.